The molecule has 3 heterocycles. The normalized spacial score (nSPS) is 20.9. The minimum atomic E-state index is -2.73. The lowest BCUT2D eigenvalue weighted by atomic mass is 9.72. The Bertz CT molecular complexity index is 1190. The summed E-state index contributed by atoms with van der Waals surface area (Å²) < 4.78 is 26.8. The summed E-state index contributed by atoms with van der Waals surface area (Å²) >= 11 is 12.9. The molecule has 1 aliphatic carbocycles. The Balaban J connectivity index is 1.62. The lowest BCUT2D eigenvalue weighted by Crippen LogP contribution is -2.36. The first-order valence-electron chi connectivity index (χ1n) is 10.0. The molecule has 0 radical (unpaired) electrons. The molecular formula is C21H20Cl2F2N4O2. The van der Waals surface area contributed by atoms with Gasteiger partial charge in [0.05, 0.1) is 21.8 Å². The molecule has 1 spiro atoms. The van der Waals surface area contributed by atoms with E-state index in [1.807, 2.05) is 0 Å². The summed E-state index contributed by atoms with van der Waals surface area (Å²) in [6.45, 7) is -2.00. The number of halogens is 4. The molecule has 2 aromatic heterocycles. The first-order valence-corrected chi connectivity index (χ1v) is 10.8. The molecule has 164 valence electrons. The Hall–Kier alpha value is -2.16. The van der Waals surface area contributed by atoms with Crippen LogP contribution < -0.4 is 0 Å². The molecular weight excluding hydrogens is 449 g/mol. The third kappa shape index (κ3) is 3.32. The predicted octanol–water partition coefficient (Wildman–Crippen LogP) is 4.43. The number of aromatic amines is 1. The summed E-state index contributed by atoms with van der Waals surface area (Å²) in [5.74, 6) is -0.253. The predicted molar refractivity (Wildman–Crippen MR) is 114 cm³/mol. The Morgan fingerprint density at radius 2 is 2.16 bits per heavy atom. The number of nitrogens with one attached hydrogen (secondary N) is 1. The molecule has 2 N–H and O–H groups in total. The van der Waals surface area contributed by atoms with Gasteiger partial charge in [0.2, 0.25) is 5.91 Å². The number of benzene rings is 1. The molecule has 1 aliphatic heterocycles. The number of carbonyl (C=O) groups excluding carboxylic acids is 1. The highest BCUT2D eigenvalue weighted by molar-refractivity contribution is 6.45. The van der Waals surface area contributed by atoms with Gasteiger partial charge in [0.15, 0.2) is 0 Å². The van der Waals surface area contributed by atoms with Gasteiger partial charge in [0.1, 0.15) is 6.61 Å². The highest BCUT2D eigenvalue weighted by Crippen LogP contribution is 2.48. The molecule has 0 bridgehead atoms. The number of aliphatic hydroxyl groups excluding tert-OH is 1. The number of nitrogens with zero attached hydrogens (tertiary/aromatic N) is 3. The summed E-state index contributed by atoms with van der Waals surface area (Å²) in [5, 5.41) is 14.6. The maximum atomic E-state index is 13.1. The van der Waals surface area contributed by atoms with E-state index in [1.54, 1.807) is 11.0 Å². The van der Waals surface area contributed by atoms with Crippen LogP contribution in [0, 0.1) is 5.41 Å². The number of rotatable bonds is 3. The van der Waals surface area contributed by atoms with Crippen LogP contribution in [0.4, 0.5) is 8.78 Å². The number of aromatic nitrogens is 3. The van der Waals surface area contributed by atoms with Crippen molar-refractivity contribution in [1.29, 1.82) is 0 Å². The molecule has 1 amide bonds. The van der Waals surface area contributed by atoms with Crippen molar-refractivity contribution in [2.75, 3.05) is 19.7 Å². The molecule has 1 fully saturated rings. The summed E-state index contributed by atoms with van der Waals surface area (Å²) in [6.07, 6.45) is 5.98. The summed E-state index contributed by atoms with van der Waals surface area (Å²) in [4.78, 5) is 17.1. The van der Waals surface area contributed by atoms with Crippen LogP contribution in [0.25, 0.3) is 22.0 Å². The molecule has 2 aliphatic rings. The van der Waals surface area contributed by atoms with E-state index in [9.17, 15) is 18.7 Å². The number of H-pyrrole nitrogens is 1. The maximum absolute atomic E-state index is 13.1. The number of aryl methyl sites for hydroxylation is 1. The van der Waals surface area contributed by atoms with E-state index in [0.29, 0.717) is 44.5 Å². The SMILES string of the molecule is O=C(CO)N1CCC2(CCc3[nH]c4c(Cl)c(Cl)cc(-c5cnn(C(F)F)c5)c4c3C2)C1. The first-order chi connectivity index (χ1) is 14.8. The molecule has 1 atom stereocenters. The van der Waals surface area contributed by atoms with Crippen LogP contribution >= 0.6 is 23.2 Å². The summed E-state index contributed by atoms with van der Waals surface area (Å²) in [6, 6.07) is 1.70. The van der Waals surface area contributed by atoms with Crippen molar-refractivity contribution < 1.29 is 18.7 Å². The molecule has 10 heteroatoms. The number of hydrogen-bond donors (Lipinski definition) is 2. The van der Waals surface area contributed by atoms with Gasteiger partial charge in [0.25, 0.3) is 0 Å². The molecule has 0 saturated carbocycles. The average molecular weight is 469 g/mol. The second kappa shape index (κ2) is 7.46. The van der Waals surface area contributed by atoms with E-state index >= 15 is 0 Å². The number of alkyl halides is 2. The Kier molecular flexibility index (Phi) is 4.99. The minimum Gasteiger partial charge on any atom is -0.387 e. The van der Waals surface area contributed by atoms with Gasteiger partial charge in [-0.25, -0.2) is 4.68 Å². The van der Waals surface area contributed by atoms with Gasteiger partial charge in [-0.3, -0.25) is 4.79 Å². The third-order valence-electron chi connectivity index (χ3n) is 6.66. The standard InChI is InChI=1S/C21H20Cl2F2N4O2/c22-14-5-12(11-7-26-29(8-11)20(24)25)17-13-6-21(3-4-28(10-21)16(31)9-30)2-1-15(13)27-19(17)18(14)23/h5,7-8,20,27,30H,1-4,6,9-10H2. The van der Waals surface area contributed by atoms with E-state index in [2.05, 4.69) is 10.1 Å². The Morgan fingerprint density at radius 3 is 2.87 bits per heavy atom. The van der Waals surface area contributed by atoms with Gasteiger partial charge in [-0.05, 0) is 48.3 Å². The molecule has 31 heavy (non-hydrogen) atoms. The second-order valence-electron chi connectivity index (χ2n) is 8.44. The van der Waals surface area contributed by atoms with Gasteiger partial charge in [-0.15, -0.1) is 0 Å². The number of likely N-dealkylation sites (tertiary alicyclic amines) is 1. The highest BCUT2D eigenvalue weighted by atomic mass is 35.5. The maximum Gasteiger partial charge on any atom is 0.333 e. The number of fused-ring (bicyclic) bond motifs is 3. The third-order valence-corrected chi connectivity index (χ3v) is 7.44. The van der Waals surface area contributed by atoms with E-state index in [4.69, 9.17) is 23.2 Å². The Labute approximate surface area is 186 Å². The zero-order chi connectivity index (χ0) is 21.9. The molecule has 6 nitrogen and oxygen atoms in total. The van der Waals surface area contributed by atoms with Crippen LogP contribution in [0.15, 0.2) is 18.5 Å². The van der Waals surface area contributed by atoms with Crippen LogP contribution in [0.2, 0.25) is 10.0 Å². The van der Waals surface area contributed by atoms with Crippen LogP contribution in [0.3, 0.4) is 0 Å². The quantitative estimate of drug-likeness (QED) is 0.596. The summed E-state index contributed by atoms with van der Waals surface area (Å²) in [7, 11) is 0. The lowest BCUT2D eigenvalue weighted by Gasteiger charge is -2.33. The van der Waals surface area contributed by atoms with Crippen LogP contribution in [-0.4, -0.2) is 50.4 Å². The van der Waals surface area contributed by atoms with E-state index in [0.717, 1.165) is 42.3 Å². The zero-order valence-electron chi connectivity index (χ0n) is 16.5. The van der Waals surface area contributed by atoms with Crippen molar-refractivity contribution in [3.63, 3.8) is 0 Å². The van der Waals surface area contributed by atoms with E-state index in [1.165, 1.54) is 12.4 Å². The zero-order valence-corrected chi connectivity index (χ0v) is 18.0. The van der Waals surface area contributed by atoms with Crippen molar-refractivity contribution in [2.45, 2.75) is 32.2 Å². The van der Waals surface area contributed by atoms with Crippen molar-refractivity contribution in [1.82, 2.24) is 19.7 Å². The number of aliphatic hydroxyl groups is 1. The molecule has 5 rings (SSSR count). The minimum absolute atomic E-state index is 0.0799. The van der Waals surface area contributed by atoms with Crippen molar-refractivity contribution in [3.05, 3.63) is 39.8 Å². The number of amides is 1. The monoisotopic (exact) mass is 468 g/mol. The van der Waals surface area contributed by atoms with Crippen molar-refractivity contribution in [2.24, 2.45) is 5.41 Å². The van der Waals surface area contributed by atoms with Gasteiger partial charge in [-0.2, -0.15) is 13.9 Å². The molecule has 1 saturated heterocycles. The van der Waals surface area contributed by atoms with Gasteiger partial charge in [-0.1, -0.05) is 23.2 Å². The fourth-order valence-electron chi connectivity index (χ4n) is 5.10. The topological polar surface area (TPSA) is 74.2 Å². The van der Waals surface area contributed by atoms with Gasteiger partial charge in [0, 0.05) is 35.9 Å². The van der Waals surface area contributed by atoms with E-state index < -0.39 is 13.2 Å². The average Bonchev–Trinajstić information content (AvgIpc) is 3.48. The fraction of sp³-hybridized carbons (Fsp3) is 0.429. The fourth-order valence-corrected chi connectivity index (χ4v) is 5.50. The molecule has 1 unspecified atom stereocenters. The van der Waals surface area contributed by atoms with Gasteiger partial charge < -0.3 is 15.0 Å². The van der Waals surface area contributed by atoms with Gasteiger partial charge >= 0.3 is 6.55 Å². The first kappa shape index (κ1) is 20.7. The van der Waals surface area contributed by atoms with Crippen LogP contribution in [-0.2, 0) is 17.6 Å². The molecule has 3 aromatic rings. The number of carbonyl (C=O) groups is 1. The highest BCUT2D eigenvalue weighted by Gasteiger charge is 2.43. The molecule has 1 aromatic carbocycles. The number of hydrogen-bond acceptors (Lipinski definition) is 3. The largest absolute Gasteiger partial charge is 0.387 e. The van der Waals surface area contributed by atoms with E-state index in [-0.39, 0.29) is 11.3 Å². The van der Waals surface area contributed by atoms with Crippen LogP contribution in [0.1, 0.15) is 30.6 Å². The smallest absolute Gasteiger partial charge is 0.333 e. The summed E-state index contributed by atoms with van der Waals surface area (Å²) in [5.41, 5.74) is 3.99. The van der Waals surface area contributed by atoms with Crippen LogP contribution in [0.5, 0.6) is 0 Å². The van der Waals surface area contributed by atoms with Crippen molar-refractivity contribution >= 4 is 40.0 Å². The Morgan fingerprint density at radius 1 is 1.35 bits per heavy atom. The lowest BCUT2D eigenvalue weighted by molar-refractivity contribution is -0.133. The van der Waals surface area contributed by atoms with Crippen molar-refractivity contribution in [3.8, 4) is 11.1 Å². The second-order valence-corrected chi connectivity index (χ2v) is 9.22.